The second-order valence-electron chi connectivity index (χ2n) is 6.38. The van der Waals surface area contributed by atoms with E-state index in [4.69, 9.17) is 16.6 Å². The molecule has 0 aliphatic rings. The molecular weight excluding hydrogens is 479 g/mol. The zero-order chi connectivity index (χ0) is 19.5. The number of fused-ring (bicyclic) bond motifs is 1. The van der Waals surface area contributed by atoms with Crippen LogP contribution in [-0.4, -0.2) is 11.5 Å². The number of halogens is 2. The van der Waals surface area contributed by atoms with E-state index in [-0.39, 0.29) is 0 Å². The van der Waals surface area contributed by atoms with Gasteiger partial charge in [-0.05, 0) is 52.9 Å². The number of nitrogens with zero attached hydrogens (tertiary/aromatic N) is 2. The quantitative estimate of drug-likeness (QED) is 0.210. The van der Waals surface area contributed by atoms with Gasteiger partial charge >= 0.3 is 0 Å². The summed E-state index contributed by atoms with van der Waals surface area (Å²) in [6.07, 6.45) is 1.93. The molecular formula is C24H18ClIN2. The van der Waals surface area contributed by atoms with E-state index in [0.29, 0.717) is 6.54 Å². The third-order valence-electron chi connectivity index (χ3n) is 4.57. The first kappa shape index (κ1) is 19.0. The highest BCUT2D eigenvalue weighted by Crippen LogP contribution is 2.40. The molecule has 138 valence electrons. The monoisotopic (exact) mass is 496 g/mol. The van der Waals surface area contributed by atoms with Crippen LogP contribution < -0.4 is 4.90 Å². The molecule has 0 saturated carbocycles. The SMILES string of the molecule is C=CCN(c1ccccc1)c1c(I)c(-c2ccc(Cl)cc2)nc2ccccc12. The van der Waals surface area contributed by atoms with Gasteiger partial charge in [-0.25, -0.2) is 4.98 Å². The maximum absolute atomic E-state index is 6.10. The van der Waals surface area contributed by atoms with Gasteiger partial charge in [0.15, 0.2) is 0 Å². The molecule has 0 fully saturated rings. The average molecular weight is 497 g/mol. The minimum atomic E-state index is 0.702. The van der Waals surface area contributed by atoms with Crippen molar-refractivity contribution in [2.45, 2.75) is 0 Å². The van der Waals surface area contributed by atoms with Crippen molar-refractivity contribution in [3.8, 4) is 11.3 Å². The fourth-order valence-corrected chi connectivity index (χ4v) is 4.44. The lowest BCUT2D eigenvalue weighted by Crippen LogP contribution is -2.19. The molecule has 2 nitrogen and oxygen atoms in total. The second kappa shape index (κ2) is 8.33. The molecule has 0 amide bonds. The number of para-hydroxylation sites is 2. The highest BCUT2D eigenvalue weighted by molar-refractivity contribution is 14.1. The highest BCUT2D eigenvalue weighted by atomic mass is 127. The van der Waals surface area contributed by atoms with Gasteiger partial charge in [0.2, 0.25) is 0 Å². The average Bonchev–Trinajstić information content (AvgIpc) is 2.73. The number of benzene rings is 3. The van der Waals surface area contributed by atoms with Gasteiger partial charge in [-0.15, -0.1) is 6.58 Å². The van der Waals surface area contributed by atoms with Gasteiger partial charge in [-0.1, -0.05) is 66.2 Å². The van der Waals surface area contributed by atoms with Crippen LogP contribution in [0.25, 0.3) is 22.2 Å². The van der Waals surface area contributed by atoms with E-state index in [9.17, 15) is 0 Å². The number of pyridine rings is 1. The number of hydrogen-bond donors (Lipinski definition) is 0. The van der Waals surface area contributed by atoms with Crippen LogP contribution in [0.1, 0.15) is 0 Å². The zero-order valence-electron chi connectivity index (χ0n) is 15.1. The van der Waals surface area contributed by atoms with Crippen molar-refractivity contribution in [3.63, 3.8) is 0 Å². The third kappa shape index (κ3) is 3.64. The molecule has 1 aromatic heterocycles. The summed E-state index contributed by atoms with van der Waals surface area (Å²) in [7, 11) is 0. The molecule has 4 aromatic rings. The first-order chi connectivity index (χ1) is 13.7. The topological polar surface area (TPSA) is 16.1 Å². The number of anilines is 2. The van der Waals surface area contributed by atoms with Crippen molar-refractivity contribution in [1.82, 2.24) is 4.98 Å². The summed E-state index contributed by atoms with van der Waals surface area (Å²) >= 11 is 8.51. The molecule has 0 N–H and O–H groups in total. The molecule has 4 rings (SSSR count). The van der Waals surface area contributed by atoms with E-state index in [1.165, 1.54) is 0 Å². The van der Waals surface area contributed by atoms with E-state index in [1.807, 2.05) is 42.5 Å². The van der Waals surface area contributed by atoms with Crippen LogP contribution in [0.5, 0.6) is 0 Å². The Kier molecular flexibility index (Phi) is 5.64. The van der Waals surface area contributed by atoms with Crippen LogP contribution >= 0.6 is 34.2 Å². The Labute approximate surface area is 183 Å². The lowest BCUT2D eigenvalue weighted by molar-refractivity contribution is 1.10. The van der Waals surface area contributed by atoms with E-state index in [1.54, 1.807) is 0 Å². The number of rotatable bonds is 5. The Morgan fingerprint density at radius 1 is 0.929 bits per heavy atom. The summed E-state index contributed by atoms with van der Waals surface area (Å²) in [5, 5.41) is 1.84. The molecule has 4 heteroatoms. The summed E-state index contributed by atoms with van der Waals surface area (Å²) in [6, 6.07) is 26.5. The predicted octanol–water partition coefficient (Wildman–Crippen LogP) is 7.48. The summed E-state index contributed by atoms with van der Waals surface area (Å²) < 4.78 is 1.10. The van der Waals surface area contributed by atoms with E-state index < -0.39 is 0 Å². The van der Waals surface area contributed by atoms with Gasteiger partial charge in [0.1, 0.15) is 0 Å². The second-order valence-corrected chi connectivity index (χ2v) is 7.90. The Balaban J connectivity index is 2.01. The van der Waals surface area contributed by atoms with Crippen LogP contribution in [0.3, 0.4) is 0 Å². The van der Waals surface area contributed by atoms with Crippen LogP contribution in [0.4, 0.5) is 11.4 Å². The summed E-state index contributed by atoms with van der Waals surface area (Å²) in [6.45, 7) is 4.68. The molecule has 0 saturated heterocycles. The Hall–Kier alpha value is -2.37. The predicted molar refractivity (Wildman–Crippen MR) is 129 cm³/mol. The molecule has 0 unspecified atom stereocenters. The molecule has 0 bridgehead atoms. The van der Waals surface area contributed by atoms with Crippen molar-refractivity contribution in [3.05, 3.63) is 100 Å². The lowest BCUT2D eigenvalue weighted by atomic mass is 10.1. The number of aromatic nitrogens is 1. The first-order valence-electron chi connectivity index (χ1n) is 8.96. The molecule has 0 atom stereocenters. The largest absolute Gasteiger partial charge is 0.336 e. The highest BCUT2D eigenvalue weighted by Gasteiger charge is 2.20. The summed E-state index contributed by atoms with van der Waals surface area (Å²) in [5.41, 5.74) is 5.23. The fraction of sp³-hybridized carbons (Fsp3) is 0.0417. The van der Waals surface area contributed by atoms with Gasteiger partial charge in [-0.2, -0.15) is 0 Å². The molecule has 28 heavy (non-hydrogen) atoms. The first-order valence-corrected chi connectivity index (χ1v) is 10.4. The molecule has 0 spiro atoms. The van der Waals surface area contributed by atoms with E-state index >= 15 is 0 Å². The van der Waals surface area contributed by atoms with Gasteiger partial charge in [0.25, 0.3) is 0 Å². The van der Waals surface area contributed by atoms with Gasteiger partial charge in [0.05, 0.1) is 20.5 Å². The lowest BCUT2D eigenvalue weighted by Gasteiger charge is -2.27. The summed E-state index contributed by atoms with van der Waals surface area (Å²) in [4.78, 5) is 7.26. The van der Waals surface area contributed by atoms with Crippen molar-refractivity contribution in [2.75, 3.05) is 11.4 Å². The van der Waals surface area contributed by atoms with Gasteiger partial charge in [0, 0.05) is 28.2 Å². The minimum Gasteiger partial charge on any atom is -0.336 e. The van der Waals surface area contributed by atoms with Crippen molar-refractivity contribution in [2.24, 2.45) is 0 Å². The Morgan fingerprint density at radius 2 is 1.61 bits per heavy atom. The molecule has 1 heterocycles. The Morgan fingerprint density at radius 3 is 2.32 bits per heavy atom. The van der Waals surface area contributed by atoms with Crippen LogP contribution in [0.15, 0.2) is 91.5 Å². The summed E-state index contributed by atoms with van der Waals surface area (Å²) in [5.74, 6) is 0. The van der Waals surface area contributed by atoms with Crippen molar-refractivity contribution in [1.29, 1.82) is 0 Å². The zero-order valence-corrected chi connectivity index (χ0v) is 18.1. The van der Waals surface area contributed by atoms with Crippen LogP contribution in [-0.2, 0) is 0 Å². The van der Waals surface area contributed by atoms with Gasteiger partial charge < -0.3 is 4.90 Å². The van der Waals surface area contributed by atoms with E-state index in [2.05, 4.69) is 76.5 Å². The maximum atomic E-state index is 6.10. The van der Waals surface area contributed by atoms with Crippen LogP contribution in [0.2, 0.25) is 5.02 Å². The third-order valence-corrected chi connectivity index (χ3v) is 5.85. The van der Waals surface area contributed by atoms with E-state index in [0.717, 1.165) is 42.1 Å². The Bertz CT molecular complexity index is 1120. The van der Waals surface area contributed by atoms with Crippen LogP contribution in [0, 0.1) is 3.57 Å². The maximum Gasteiger partial charge on any atom is 0.0864 e. The minimum absolute atomic E-state index is 0.702. The standard InChI is InChI=1S/C24H18ClIN2/c1-2-16-28(19-8-4-3-5-9-19)24-20-10-6-7-11-21(20)27-23(22(24)26)17-12-14-18(25)15-13-17/h2-15H,1,16H2. The normalized spacial score (nSPS) is 10.8. The molecule has 0 radical (unpaired) electrons. The van der Waals surface area contributed by atoms with Crippen molar-refractivity contribution >= 4 is 56.5 Å². The van der Waals surface area contributed by atoms with Gasteiger partial charge in [-0.3, -0.25) is 0 Å². The smallest absolute Gasteiger partial charge is 0.0864 e. The van der Waals surface area contributed by atoms with Crippen molar-refractivity contribution < 1.29 is 0 Å². The molecule has 3 aromatic carbocycles. The number of hydrogen-bond acceptors (Lipinski definition) is 2. The molecule has 0 aliphatic carbocycles. The molecule has 0 aliphatic heterocycles. The fourth-order valence-electron chi connectivity index (χ4n) is 3.30.